The predicted octanol–water partition coefficient (Wildman–Crippen LogP) is 16.8. The van der Waals surface area contributed by atoms with Gasteiger partial charge in [-0.25, -0.2) is 15.0 Å². The molecule has 0 unspecified atom stereocenters. The lowest BCUT2D eigenvalue weighted by molar-refractivity contribution is 0.666. The maximum absolute atomic E-state index is 6.80. The van der Waals surface area contributed by atoms with E-state index in [0.717, 1.165) is 99.5 Å². The first-order chi connectivity index (χ1) is 34.2. The maximum Gasteiger partial charge on any atom is 0.167 e. The second-order valence-electron chi connectivity index (χ2n) is 17.5. The Bertz CT molecular complexity index is 4290. The topological polar surface area (TPSA) is 69.9 Å². The molecule has 14 aromatic rings. The highest BCUT2D eigenvalue weighted by Crippen LogP contribution is 2.42. The summed E-state index contributed by atoms with van der Waals surface area (Å²) < 4.78 is 15.9. The van der Waals surface area contributed by atoms with Gasteiger partial charge in [0.15, 0.2) is 23.1 Å². The smallest absolute Gasteiger partial charge is 0.167 e. The average molecular weight is 883 g/mol. The highest BCUT2D eigenvalue weighted by atomic mass is 16.3. The van der Waals surface area contributed by atoms with Crippen LogP contribution in [0, 0.1) is 0 Å². The Labute approximate surface area is 396 Å². The summed E-state index contributed by atoms with van der Waals surface area (Å²) in [6.07, 6.45) is 0. The van der Waals surface area contributed by atoms with Crippen LogP contribution in [0.2, 0.25) is 0 Å². The highest BCUT2D eigenvalue weighted by Gasteiger charge is 2.21. The van der Waals surface area contributed by atoms with E-state index in [-0.39, 0.29) is 0 Å². The Balaban J connectivity index is 0.860. The first-order valence-corrected chi connectivity index (χ1v) is 23.2. The number of fused-ring (bicyclic) bond motifs is 9. The zero-order valence-electron chi connectivity index (χ0n) is 37.0. The standard InChI is InChI=1S/C63H38N4O2/c1-4-14-39(15-5-1)41-26-28-43(29-27-41)62-64-61(42-18-8-3-9-19-42)65-63(66-62)50-23-12-21-48-52-37-45(31-34-57(52)68-59(48)50)46-32-35-58-53(38-46)49-22-13-25-56(60(49)69-58)67-54-24-11-10-20-47(54)51-36-44(30-33-55(51)67)40-16-6-2-7-17-40/h1-38H. The number of aromatic nitrogens is 4. The molecule has 0 radical (unpaired) electrons. The molecule has 4 aromatic heterocycles. The fourth-order valence-electron chi connectivity index (χ4n) is 10.1. The van der Waals surface area contributed by atoms with E-state index in [9.17, 15) is 0 Å². The van der Waals surface area contributed by atoms with Crippen LogP contribution in [0.1, 0.15) is 0 Å². The molecule has 0 atom stereocenters. The van der Waals surface area contributed by atoms with Crippen molar-refractivity contribution in [2.45, 2.75) is 0 Å². The number of benzene rings is 10. The fraction of sp³-hybridized carbons (Fsp3) is 0. The van der Waals surface area contributed by atoms with Gasteiger partial charge in [-0.3, -0.25) is 0 Å². The van der Waals surface area contributed by atoms with E-state index in [1.54, 1.807) is 0 Å². The van der Waals surface area contributed by atoms with Crippen LogP contribution in [0.4, 0.5) is 0 Å². The zero-order valence-corrected chi connectivity index (χ0v) is 37.0. The molecule has 6 heteroatoms. The van der Waals surface area contributed by atoms with E-state index in [2.05, 4.69) is 193 Å². The van der Waals surface area contributed by atoms with Gasteiger partial charge >= 0.3 is 0 Å². The minimum Gasteiger partial charge on any atom is -0.455 e. The van der Waals surface area contributed by atoms with Gasteiger partial charge in [0, 0.05) is 43.4 Å². The van der Waals surface area contributed by atoms with Crippen molar-refractivity contribution in [2.24, 2.45) is 0 Å². The molecule has 0 amide bonds. The molecule has 0 spiro atoms. The lowest BCUT2D eigenvalue weighted by atomic mass is 10.00. The zero-order chi connectivity index (χ0) is 45.4. The third kappa shape index (κ3) is 6.45. The van der Waals surface area contributed by atoms with Crippen molar-refractivity contribution >= 4 is 65.7 Å². The number of nitrogens with zero attached hydrogens (tertiary/aromatic N) is 4. The Morgan fingerprint density at radius 3 is 1.39 bits per heavy atom. The van der Waals surface area contributed by atoms with E-state index < -0.39 is 0 Å². The Morgan fingerprint density at radius 1 is 0.275 bits per heavy atom. The van der Waals surface area contributed by atoms with Gasteiger partial charge in [-0.1, -0.05) is 176 Å². The molecule has 0 bridgehead atoms. The molecule has 0 aliphatic rings. The number of hydrogen-bond donors (Lipinski definition) is 0. The predicted molar refractivity (Wildman–Crippen MR) is 281 cm³/mol. The summed E-state index contributed by atoms with van der Waals surface area (Å²) in [6, 6.07) is 80.4. The molecule has 322 valence electrons. The van der Waals surface area contributed by atoms with E-state index in [0.29, 0.717) is 17.5 Å². The second kappa shape index (κ2) is 15.6. The average Bonchev–Trinajstić information content (AvgIpc) is 4.10. The largest absolute Gasteiger partial charge is 0.455 e. The number of rotatable bonds is 7. The molecule has 0 saturated heterocycles. The van der Waals surface area contributed by atoms with Crippen LogP contribution in [0.15, 0.2) is 239 Å². The summed E-state index contributed by atoms with van der Waals surface area (Å²) in [4.78, 5) is 15.2. The Kier molecular flexibility index (Phi) is 8.79. The molecule has 14 rings (SSSR count). The van der Waals surface area contributed by atoms with E-state index in [4.69, 9.17) is 23.8 Å². The van der Waals surface area contributed by atoms with E-state index in [1.165, 1.54) is 21.9 Å². The Morgan fingerprint density at radius 2 is 0.710 bits per heavy atom. The SMILES string of the molecule is c1ccc(-c2ccc(-c3nc(-c4ccccc4)nc(-c4cccc5c4oc4ccc(-c6ccc7oc8c(-n9c%10ccccc%10c%10cc(-c%11ccccc%11)ccc%109)cccc8c7c6)cc45)n3)cc2)cc1. The van der Waals surface area contributed by atoms with Gasteiger partial charge in [-0.15, -0.1) is 0 Å². The summed E-state index contributed by atoms with van der Waals surface area (Å²) in [5, 5.41) is 6.53. The quantitative estimate of drug-likeness (QED) is 0.159. The van der Waals surface area contributed by atoms with Crippen molar-refractivity contribution in [1.82, 2.24) is 19.5 Å². The summed E-state index contributed by atoms with van der Waals surface area (Å²) in [7, 11) is 0. The van der Waals surface area contributed by atoms with Gasteiger partial charge in [0.05, 0.1) is 22.3 Å². The lowest BCUT2D eigenvalue weighted by Gasteiger charge is -2.09. The van der Waals surface area contributed by atoms with Gasteiger partial charge in [-0.05, 0) is 88.0 Å². The molecule has 10 aromatic carbocycles. The van der Waals surface area contributed by atoms with Crippen LogP contribution in [0.25, 0.3) is 139 Å². The molecule has 6 nitrogen and oxygen atoms in total. The van der Waals surface area contributed by atoms with Crippen molar-refractivity contribution in [3.8, 4) is 73.2 Å². The van der Waals surface area contributed by atoms with Gasteiger partial charge < -0.3 is 13.4 Å². The van der Waals surface area contributed by atoms with Crippen molar-refractivity contribution in [1.29, 1.82) is 0 Å². The first kappa shape index (κ1) is 38.8. The fourth-order valence-corrected chi connectivity index (χ4v) is 10.1. The van der Waals surface area contributed by atoms with E-state index in [1.807, 2.05) is 42.5 Å². The van der Waals surface area contributed by atoms with Crippen molar-refractivity contribution < 1.29 is 8.83 Å². The van der Waals surface area contributed by atoms with Crippen molar-refractivity contribution in [3.63, 3.8) is 0 Å². The molecular weight excluding hydrogens is 845 g/mol. The van der Waals surface area contributed by atoms with Gasteiger partial charge in [0.25, 0.3) is 0 Å². The van der Waals surface area contributed by atoms with Gasteiger partial charge in [-0.2, -0.15) is 0 Å². The lowest BCUT2D eigenvalue weighted by Crippen LogP contribution is -2.00. The van der Waals surface area contributed by atoms with Crippen LogP contribution in [-0.2, 0) is 0 Å². The summed E-state index contributed by atoms with van der Waals surface area (Å²) in [5.74, 6) is 1.74. The molecule has 0 N–H and O–H groups in total. The van der Waals surface area contributed by atoms with E-state index >= 15 is 0 Å². The molecule has 0 saturated carbocycles. The number of hydrogen-bond acceptors (Lipinski definition) is 5. The monoisotopic (exact) mass is 882 g/mol. The molecular formula is C63H38N4O2. The third-order valence-electron chi connectivity index (χ3n) is 13.5. The maximum atomic E-state index is 6.80. The first-order valence-electron chi connectivity index (χ1n) is 23.2. The normalized spacial score (nSPS) is 11.8. The van der Waals surface area contributed by atoms with Crippen LogP contribution in [-0.4, -0.2) is 19.5 Å². The van der Waals surface area contributed by atoms with Crippen LogP contribution in [0.5, 0.6) is 0 Å². The molecule has 0 aliphatic carbocycles. The van der Waals surface area contributed by atoms with Crippen molar-refractivity contribution in [2.75, 3.05) is 0 Å². The minimum atomic E-state index is 0.547. The summed E-state index contributed by atoms with van der Waals surface area (Å²) >= 11 is 0. The van der Waals surface area contributed by atoms with Gasteiger partial charge in [0.1, 0.15) is 16.7 Å². The van der Waals surface area contributed by atoms with Crippen LogP contribution >= 0.6 is 0 Å². The molecule has 4 heterocycles. The summed E-state index contributed by atoms with van der Waals surface area (Å²) in [5.41, 5.74) is 15.9. The number of para-hydroxylation sites is 3. The van der Waals surface area contributed by atoms with Gasteiger partial charge in [0.2, 0.25) is 0 Å². The molecule has 0 aliphatic heterocycles. The Hall–Kier alpha value is -9.39. The third-order valence-corrected chi connectivity index (χ3v) is 13.5. The summed E-state index contributed by atoms with van der Waals surface area (Å²) in [6.45, 7) is 0. The minimum absolute atomic E-state index is 0.547. The highest BCUT2D eigenvalue weighted by molar-refractivity contribution is 6.14. The molecule has 69 heavy (non-hydrogen) atoms. The van der Waals surface area contributed by atoms with Crippen molar-refractivity contribution in [3.05, 3.63) is 231 Å². The molecule has 0 fully saturated rings. The number of furan rings is 2. The van der Waals surface area contributed by atoms with Crippen LogP contribution in [0.3, 0.4) is 0 Å². The van der Waals surface area contributed by atoms with Crippen LogP contribution < -0.4 is 0 Å². The second-order valence-corrected chi connectivity index (χ2v) is 17.5.